The molecule has 0 fully saturated rings. The molecule has 0 aliphatic carbocycles. The highest BCUT2D eigenvalue weighted by Crippen LogP contribution is 1.98. The molecule has 0 aliphatic heterocycles. The van der Waals surface area contributed by atoms with Gasteiger partial charge in [0.15, 0.2) is 0 Å². The van der Waals surface area contributed by atoms with Crippen LogP contribution < -0.4 is 5.73 Å². The minimum atomic E-state index is 0.751. The minimum Gasteiger partial charge on any atom is -0.401 e. The molecule has 2 nitrogen and oxygen atoms in total. The van der Waals surface area contributed by atoms with Gasteiger partial charge in [-0.05, 0) is 26.8 Å². The molecular formula is C8H14N2. The third-order valence-electron chi connectivity index (χ3n) is 1.21. The van der Waals surface area contributed by atoms with Gasteiger partial charge in [-0.1, -0.05) is 6.58 Å². The quantitative estimate of drug-likeness (QED) is 0.581. The summed E-state index contributed by atoms with van der Waals surface area (Å²) in [5, 5.41) is 0. The number of aliphatic imine (C=N–C) groups is 1. The largest absolute Gasteiger partial charge is 0.401 e. The van der Waals surface area contributed by atoms with E-state index in [2.05, 4.69) is 11.6 Å². The Morgan fingerprint density at radius 1 is 1.40 bits per heavy atom. The normalized spacial score (nSPS) is 14.5. The maximum absolute atomic E-state index is 5.48. The molecule has 0 saturated carbocycles. The van der Waals surface area contributed by atoms with E-state index < -0.39 is 0 Å². The Morgan fingerprint density at radius 2 is 1.90 bits per heavy atom. The van der Waals surface area contributed by atoms with Gasteiger partial charge in [0, 0.05) is 11.4 Å². The molecule has 0 rings (SSSR count). The number of allylic oxidation sites excluding steroid dienone is 3. The van der Waals surface area contributed by atoms with Crippen LogP contribution in [0.3, 0.4) is 0 Å². The fraction of sp³-hybridized carbons (Fsp3) is 0.375. The summed E-state index contributed by atoms with van der Waals surface area (Å²) < 4.78 is 0. The van der Waals surface area contributed by atoms with E-state index in [4.69, 9.17) is 5.73 Å². The third kappa shape index (κ3) is 3.07. The Morgan fingerprint density at radius 3 is 2.20 bits per heavy atom. The van der Waals surface area contributed by atoms with Crippen LogP contribution in [0, 0.1) is 0 Å². The predicted octanol–water partition coefficient (Wildman–Crippen LogP) is 1.84. The fourth-order valence-corrected chi connectivity index (χ4v) is 0.398. The van der Waals surface area contributed by atoms with Crippen molar-refractivity contribution in [1.82, 2.24) is 0 Å². The van der Waals surface area contributed by atoms with E-state index in [0.29, 0.717) is 0 Å². The molecule has 56 valence electrons. The first-order valence-corrected chi connectivity index (χ1v) is 3.18. The van der Waals surface area contributed by atoms with E-state index >= 15 is 0 Å². The Labute approximate surface area is 62.1 Å². The number of rotatable bonds is 2. The summed E-state index contributed by atoms with van der Waals surface area (Å²) >= 11 is 0. The van der Waals surface area contributed by atoms with Crippen molar-refractivity contribution in [1.29, 1.82) is 0 Å². The highest BCUT2D eigenvalue weighted by Gasteiger charge is 1.87. The summed E-state index contributed by atoms with van der Waals surface area (Å²) in [5.74, 6) is 0. The molecule has 0 radical (unpaired) electrons. The van der Waals surface area contributed by atoms with Crippen molar-refractivity contribution in [2.75, 3.05) is 0 Å². The van der Waals surface area contributed by atoms with Crippen LogP contribution in [-0.2, 0) is 0 Å². The number of hydrogen-bond acceptors (Lipinski definition) is 2. The van der Waals surface area contributed by atoms with Gasteiger partial charge in [0.05, 0.1) is 5.70 Å². The monoisotopic (exact) mass is 138 g/mol. The summed E-state index contributed by atoms with van der Waals surface area (Å²) in [6.07, 6.45) is 1.70. The maximum atomic E-state index is 5.48. The lowest BCUT2D eigenvalue weighted by molar-refractivity contribution is 1.15. The van der Waals surface area contributed by atoms with Gasteiger partial charge in [-0.3, -0.25) is 4.99 Å². The molecule has 2 heteroatoms. The van der Waals surface area contributed by atoms with E-state index in [-0.39, 0.29) is 0 Å². The Bertz CT molecular complexity index is 183. The Balaban J connectivity index is 4.42. The summed E-state index contributed by atoms with van der Waals surface area (Å²) in [4.78, 5) is 4.15. The van der Waals surface area contributed by atoms with E-state index in [1.165, 1.54) is 0 Å². The van der Waals surface area contributed by atoms with Crippen LogP contribution in [0.4, 0.5) is 0 Å². The minimum absolute atomic E-state index is 0.751. The van der Waals surface area contributed by atoms with Crippen LogP contribution in [0.5, 0.6) is 0 Å². The van der Waals surface area contributed by atoms with Crippen molar-refractivity contribution in [3.63, 3.8) is 0 Å². The Kier molecular flexibility index (Phi) is 3.47. The molecule has 0 aromatic rings. The van der Waals surface area contributed by atoms with Gasteiger partial charge < -0.3 is 5.73 Å². The van der Waals surface area contributed by atoms with Crippen molar-refractivity contribution in [2.45, 2.75) is 20.8 Å². The molecule has 10 heavy (non-hydrogen) atoms. The van der Waals surface area contributed by atoms with Crippen LogP contribution >= 0.6 is 0 Å². The number of nitrogens with zero attached hydrogens (tertiary/aromatic N) is 1. The summed E-state index contributed by atoms with van der Waals surface area (Å²) in [6, 6.07) is 0. The molecule has 0 aromatic carbocycles. The van der Waals surface area contributed by atoms with Gasteiger partial charge in [0.2, 0.25) is 0 Å². The highest BCUT2D eigenvalue weighted by molar-refractivity contribution is 5.92. The predicted molar refractivity (Wildman–Crippen MR) is 45.9 cm³/mol. The second-order valence-electron chi connectivity index (χ2n) is 2.23. The third-order valence-corrected chi connectivity index (χ3v) is 1.21. The molecule has 0 aromatic heterocycles. The number of nitrogens with two attached hydrogens (primary N) is 1. The SMILES string of the molecule is C=C/C(C)=N/C(C)=C(/C)N. The topological polar surface area (TPSA) is 38.4 Å². The van der Waals surface area contributed by atoms with E-state index in [1.807, 2.05) is 20.8 Å². The van der Waals surface area contributed by atoms with E-state index in [1.54, 1.807) is 6.08 Å². The zero-order chi connectivity index (χ0) is 8.15. The van der Waals surface area contributed by atoms with Crippen molar-refractivity contribution >= 4 is 5.71 Å². The van der Waals surface area contributed by atoms with Crippen LogP contribution in [0.1, 0.15) is 20.8 Å². The molecular weight excluding hydrogens is 124 g/mol. The molecule has 2 N–H and O–H groups in total. The van der Waals surface area contributed by atoms with E-state index in [0.717, 1.165) is 17.1 Å². The van der Waals surface area contributed by atoms with Crippen LogP contribution in [0.15, 0.2) is 29.0 Å². The first-order valence-electron chi connectivity index (χ1n) is 3.18. The van der Waals surface area contributed by atoms with Gasteiger partial charge in [-0.2, -0.15) is 0 Å². The molecule has 0 atom stereocenters. The number of hydrogen-bond donors (Lipinski definition) is 1. The van der Waals surface area contributed by atoms with Gasteiger partial charge in [0.25, 0.3) is 0 Å². The van der Waals surface area contributed by atoms with Crippen LogP contribution in [0.2, 0.25) is 0 Å². The lowest BCUT2D eigenvalue weighted by Gasteiger charge is -1.96. The first-order chi connectivity index (χ1) is 4.57. The van der Waals surface area contributed by atoms with Crippen molar-refractivity contribution in [2.24, 2.45) is 10.7 Å². The van der Waals surface area contributed by atoms with Gasteiger partial charge in [0.1, 0.15) is 0 Å². The van der Waals surface area contributed by atoms with E-state index in [9.17, 15) is 0 Å². The molecule has 0 amide bonds. The van der Waals surface area contributed by atoms with Crippen LogP contribution in [0.25, 0.3) is 0 Å². The second kappa shape index (κ2) is 3.88. The molecule has 0 saturated heterocycles. The average Bonchev–Trinajstić information content (AvgIpc) is 1.87. The lowest BCUT2D eigenvalue weighted by Crippen LogP contribution is -1.95. The van der Waals surface area contributed by atoms with Crippen LogP contribution in [-0.4, -0.2) is 5.71 Å². The van der Waals surface area contributed by atoms with Crippen molar-refractivity contribution in [3.05, 3.63) is 24.0 Å². The van der Waals surface area contributed by atoms with Gasteiger partial charge in [-0.15, -0.1) is 0 Å². The zero-order valence-electron chi connectivity index (χ0n) is 6.81. The van der Waals surface area contributed by atoms with Crippen molar-refractivity contribution in [3.8, 4) is 0 Å². The molecule has 0 bridgehead atoms. The maximum Gasteiger partial charge on any atom is 0.0559 e. The van der Waals surface area contributed by atoms with Crippen molar-refractivity contribution < 1.29 is 0 Å². The smallest absolute Gasteiger partial charge is 0.0559 e. The summed E-state index contributed by atoms with van der Waals surface area (Å²) in [7, 11) is 0. The standard InChI is InChI=1S/C8H14N2/c1-5-6(2)10-8(4)7(3)9/h5H,1,9H2,2-4H3/b8-7-,10-6+. The average molecular weight is 138 g/mol. The molecule has 0 aliphatic rings. The Hall–Kier alpha value is -1.05. The molecule has 0 unspecified atom stereocenters. The highest BCUT2D eigenvalue weighted by atomic mass is 14.8. The summed E-state index contributed by atoms with van der Waals surface area (Å²) in [6.45, 7) is 9.17. The first kappa shape index (κ1) is 8.95. The summed E-state index contributed by atoms with van der Waals surface area (Å²) in [5.41, 5.74) is 7.98. The molecule has 0 spiro atoms. The lowest BCUT2D eigenvalue weighted by atomic mass is 10.3. The van der Waals surface area contributed by atoms with Gasteiger partial charge in [-0.25, -0.2) is 0 Å². The van der Waals surface area contributed by atoms with Gasteiger partial charge >= 0.3 is 0 Å². The fourth-order valence-electron chi connectivity index (χ4n) is 0.398. The zero-order valence-corrected chi connectivity index (χ0v) is 6.81. The molecule has 0 heterocycles. The second-order valence-corrected chi connectivity index (χ2v) is 2.23.